The molecular weight excluding hydrogens is 226 g/mol. The quantitative estimate of drug-likeness (QED) is 0.696. The Morgan fingerprint density at radius 1 is 1.22 bits per heavy atom. The molecule has 3 nitrogen and oxygen atoms in total. The van der Waals surface area contributed by atoms with Crippen LogP contribution in [0.5, 0.6) is 5.75 Å². The van der Waals surface area contributed by atoms with E-state index in [1.54, 1.807) is 14.2 Å². The Morgan fingerprint density at radius 2 is 1.94 bits per heavy atom. The molecule has 0 aliphatic heterocycles. The van der Waals surface area contributed by atoms with Gasteiger partial charge in [0.05, 0.1) is 13.8 Å². The molecule has 0 saturated heterocycles. The summed E-state index contributed by atoms with van der Waals surface area (Å²) in [7, 11) is 5.51. The van der Waals surface area contributed by atoms with Crippen LogP contribution in [0.2, 0.25) is 0 Å². The molecule has 0 fully saturated rings. The fourth-order valence-electron chi connectivity index (χ4n) is 1.92. The van der Waals surface area contributed by atoms with Gasteiger partial charge in [0.15, 0.2) is 0 Å². The lowest BCUT2D eigenvalue weighted by molar-refractivity contribution is 0.0826. The molecule has 0 radical (unpaired) electrons. The van der Waals surface area contributed by atoms with Crippen LogP contribution in [0.1, 0.15) is 30.9 Å². The lowest BCUT2D eigenvalue weighted by Crippen LogP contribution is -2.23. The first-order chi connectivity index (χ1) is 8.58. The van der Waals surface area contributed by atoms with Gasteiger partial charge in [-0.15, -0.1) is 0 Å². The Kier molecular flexibility index (Phi) is 6.16. The zero-order valence-corrected chi connectivity index (χ0v) is 12.2. The highest BCUT2D eigenvalue weighted by atomic mass is 16.5. The molecule has 3 heteroatoms. The normalized spacial score (nSPS) is 11.3. The first-order valence-corrected chi connectivity index (χ1v) is 6.42. The van der Waals surface area contributed by atoms with E-state index in [0.717, 1.165) is 18.7 Å². The van der Waals surface area contributed by atoms with Crippen molar-refractivity contribution in [2.24, 2.45) is 0 Å². The van der Waals surface area contributed by atoms with Crippen LogP contribution in [0.15, 0.2) is 18.2 Å². The summed E-state index contributed by atoms with van der Waals surface area (Å²) in [5, 5.41) is 0. The van der Waals surface area contributed by atoms with Gasteiger partial charge in [-0.2, -0.15) is 0 Å². The number of hydrogen-bond donors (Lipinski definition) is 0. The molecule has 1 rings (SSSR count). The summed E-state index contributed by atoms with van der Waals surface area (Å²) < 4.78 is 10.6. The highest BCUT2D eigenvalue weighted by Gasteiger charge is 2.07. The minimum Gasteiger partial charge on any atom is -0.496 e. The van der Waals surface area contributed by atoms with Crippen LogP contribution in [0.4, 0.5) is 0 Å². The molecule has 0 spiro atoms. The molecule has 102 valence electrons. The van der Waals surface area contributed by atoms with E-state index in [1.807, 2.05) is 0 Å². The zero-order chi connectivity index (χ0) is 13.5. The van der Waals surface area contributed by atoms with Crippen LogP contribution < -0.4 is 4.74 Å². The largest absolute Gasteiger partial charge is 0.496 e. The van der Waals surface area contributed by atoms with Crippen molar-refractivity contribution >= 4 is 0 Å². The first kappa shape index (κ1) is 15.0. The summed E-state index contributed by atoms with van der Waals surface area (Å²) in [5.41, 5.74) is 2.57. The lowest BCUT2D eigenvalue weighted by atomic mass is 10.00. The molecule has 0 N–H and O–H groups in total. The van der Waals surface area contributed by atoms with Crippen molar-refractivity contribution in [2.45, 2.75) is 26.2 Å². The van der Waals surface area contributed by atoms with E-state index in [1.165, 1.54) is 11.1 Å². The van der Waals surface area contributed by atoms with Crippen LogP contribution in [-0.4, -0.2) is 39.4 Å². The van der Waals surface area contributed by atoms with Crippen molar-refractivity contribution in [1.29, 1.82) is 0 Å². The monoisotopic (exact) mass is 251 g/mol. The SMILES string of the molecule is COCN(C)CCc1ccc(C(C)C)cc1OC. The Hall–Kier alpha value is -1.06. The molecule has 1 aromatic rings. The Labute approximate surface area is 111 Å². The molecule has 0 heterocycles. The van der Waals surface area contributed by atoms with E-state index >= 15 is 0 Å². The Morgan fingerprint density at radius 3 is 2.50 bits per heavy atom. The molecule has 0 aliphatic rings. The maximum Gasteiger partial charge on any atom is 0.122 e. The van der Waals surface area contributed by atoms with Crippen molar-refractivity contribution in [1.82, 2.24) is 4.90 Å². The second-order valence-corrected chi connectivity index (χ2v) is 4.97. The van der Waals surface area contributed by atoms with Gasteiger partial charge in [-0.1, -0.05) is 26.0 Å². The third kappa shape index (κ3) is 4.31. The minimum atomic E-state index is 0.532. The van der Waals surface area contributed by atoms with Gasteiger partial charge in [-0.25, -0.2) is 0 Å². The first-order valence-electron chi connectivity index (χ1n) is 6.42. The fourth-order valence-corrected chi connectivity index (χ4v) is 1.92. The van der Waals surface area contributed by atoms with Gasteiger partial charge in [0, 0.05) is 13.7 Å². The van der Waals surface area contributed by atoms with E-state index in [4.69, 9.17) is 9.47 Å². The maximum absolute atomic E-state index is 5.48. The summed E-state index contributed by atoms with van der Waals surface area (Å²) in [5.74, 6) is 1.52. The summed E-state index contributed by atoms with van der Waals surface area (Å²) >= 11 is 0. The van der Waals surface area contributed by atoms with Crippen molar-refractivity contribution in [3.63, 3.8) is 0 Å². The van der Waals surface area contributed by atoms with Crippen molar-refractivity contribution in [3.8, 4) is 5.75 Å². The van der Waals surface area contributed by atoms with Crippen LogP contribution in [-0.2, 0) is 11.2 Å². The van der Waals surface area contributed by atoms with Gasteiger partial charge in [-0.05, 0) is 36.6 Å². The Bertz CT molecular complexity index is 364. The second-order valence-electron chi connectivity index (χ2n) is 4.97. The summed E-state index contributed by atoms with van der Waals surface area (Å²) in [6.45, 7) is 6.01. The molecule has 18 heavy (non-hydrogen) atoms. The van der Waals surface area contributed by atoms with E-state index in [9.17, 15) is 0 Å². The van der Waals surface area contributed by atoms with E-state index in [0.29, 0.717) is 12.6 Å². The van der Waals surface area contributed by atoms with Crippen molar-refractivity contribution < 1.29 is 9.47 Å². The smallest absolute Gasteiger partial charge is 0.122 e. The number of nitrogens with zero attached hydrogens (tertiary/aromatic N) is 1. The summed E-state index contributed by atoms with van der Waals surface area (Å²) in [4.78, 5) is 2.15. The predicted octanol–water partition coefficient (Wildman–Crippen LogP) is 2.90. The average Bonchev–Trinajstić information content (AvgIpc) is 2.36. The third-order valence-corrected chi connectivity index (χ3v) is 3.09. The van der Waals surface area contributed by atoms with E-state index < -0.39 is 0 Å². The van der Waals surface area contributed by atoms with Crippen LogP contribution in [0.25, 0.3) is 0 Å². The Balaban J connectivity index is 2.70. The minimum absolute atomic E-state index is 0.532. The highest BCUT2D eigenvalue weighted by Crippen LogP contribution is 2.25. The van der Waals surface area contributed by atoms with Gasteiger partial charge in [-0.3, -0.25) is 4.90 Å². The summed E-state index contributed by atoms with van der Waals surface area (Å²) in [6.07, 6.45) is 0.974. The molecule has 0 bridgehead atoms. The lowest BCUT2D eigenvalue weighted by Gasteiger charge is -2.17. The number of hydrogen-bond acceptors (Lipinski definition) is 3. The molecular formula is C15H25NO2. The molecule has 0 aliphatic carbocycles. The van der Waals surface area contributed by atoms with Gasteiger partial charge in [0.1, 0.15) is 5.75 Å². The molecule has 1 aromatic carbocycles. The van der Waals surface area contributed by atoms with Gasteiger partial charge in [0.25, 0.3) is 0 Å². The van der Waals surface area contributed by atoms with E-state index in [2.05, 4.69) is 44.0 Å². The third-order valence-electron chi connectivity index (χ3n) is 3.09. The predicted molar refractivity (Wildman–Crippen MR) is 75.3 cm³/mol. The molecule has 0 amide bonds. The number of ether oxygens (including phenoxy) is 2. The second kappa shape index (κ2) is 7.39. The summed E-state index contributed by atoms with van der Waals surface area (Å²) in [6, 6.07) is 6.52. The van der Waals surface area contributed by atoms with Crippen molar-refractivity contribution in [3.05, 3.63) is 29.3 Å². The van der Waals surface area contributed by atoms with Crippen LogP contribution in [0.3, 0.4) is 0 Å². The molecule has 0 aromatic heterocycles. The highest BCUT2D eigenvalue weighted by molar-refractivity contribution is 5.38. The number of likely N-dealkylation sites (N-methyl/N-ethyl adjacent to an activating group) is 1. The fraction of sp³-hybridized carbons (Fsp3) is 0.600. The van der Waals surface area contributed by atoms with Gasteiger partial charge < -0.3 is 9.47 Å². The van der Waals surface area contributed by atoms with Gasteiger partial charge >= 0.3 is 0 Å². The molecule has 0 atom stereocenters. The zero-order valence-electron chi connectivity index (χ0n) is 12.2. The van der Waals surface area contributed by atoms with Crippen LogP contribution in [0, 0.1) is 0 Å². The molecule has 0 unspecified atom stereocenters. The van der Waals surface area contributed by atoms with Gasteiger partial charge in [0.2, 0.25) is 0 Å². The topological polar surface area (TPSA) is 21.7 Å². The van der Waals surface area contributed by atoms with E-state index in [-0.39, 0.29) is 0 Å². The number of rotatable bonds is 7. The number of benzene rings is 1. The average molecular weight is 251 g/mol. The maximum atomic E-state index is 5.48. The standard InChI is InChI=1S/C15H25NO2/c1-12(2)14-7-6-13(15(10-14)18-5)8-9-16(3)11-17-4/h6-7,10,12H,8-9,11H2,1-5H3. The number of methoxy groups -OCH3 is 2. The van der Waals surface area contributed by atoms with Crippen LogP contribution >= 0.6 is 0 Å². The molecule has 0 saturated carbocycles. The van der Waals surface area contributed by atoms with Crippen molar-refractivity contribution in [2.75, 3.05) is 34.5 Å².